The van der Waals surface area contributed by atoms with E-state index < -0.39 is 0 Å². The van der Waals surface area contributed by atoms with Crippen molar-refractivity contribution in [2.24, 2.45) is 5.92 Å². The molecule has 1 aromatic carbocycles. The smallest absolute Gasteiger partial charge is 0.0507 e. The Hall–Kier alpha value is -0.540. The average Bonchev–Trinajstić information content (AvgIpc) is 2.88. The van der Waals surface area contributed by atoms with Crippen molar-refractivity contribution in [2.75, 3.05) is 6.54 Å². The lowest BCUT2D eigenvalue weighted by atomic mass is 10.0. The van der Waals surface area contributed by atoms with Crippen molar-refractivity contribution >= 4 is 34.5 Å². The minimum Gasteiger partial charge on any atom is -0.309 e. The molecule has 0 saturated carbocycles. The van der Waals surface area contributed by atoms with E-state index in [0.29, 0.717) is 22.0 Å². The van der Waals surface area contributed by atoms with Crippen LogP contribution in [0, 0.1) is 5.92 Å². The first kappa shape index (κ1) is 16.8. The molecule has 1 aromatic heterocycles. The van der Waals surface area contributed by atoms with Crippen molar-refractivity contribution in [3.63, 3.8) is 0 Å². The number of rotatable bonds is 6. The van der Waals surface area contributed by atoms with Crippen LogP contribution in [-0.2, 0) is 0 Å². The molecule has 0 fully saturated rings. The van der Waals surface area contributed by atoms with Gasteiger partial charge < -0.3 is 5.32 Å². The lowest BCUT2D eigenvalue weighted by Gasteiger charge is -2.21. The van der Waals surface area contributed by atoms with Crippen LogP contribution in [0.2, 0.25) is 10.0 Å². The third-order valence-electron chi connectivity index (χ3n) is 3.41. The van der Waals surface area contributed by atoms with E-state index in [4.69, 9.17) is 23.2 Å². The van der Waals surface area contributed by atoms with Gasteiger partial charge in [-0.1, -0.05) is 50.0 Å². The molecule has 0 spiro atoms. The molecule has 1 nitrogen and oxygen atoms in total. The summed E-state index contributed by atoms with van der Waals surface area (Å²) in [6.45, 7) is 7.74. The Morgan fingerprint density at radius 3 is 2.52 bits per heavy atom. The first-order valence-corrected chi connectivity index (χ1v) is 8.88. The Labute approximate surface area is 141 Å². The van der Waals surface area contributed by atoms with Crippen LogP contribution in [0.3, 0.4) is 0 Å². The summed E-state index contributed by atoms with van der Waals surface area (Å²) in [4.78, 5) is 2.55. The first-order chi connectivity index (χ1) is 10.0. The molecule has 0 amide bonds. The largest absolute Gasteiger partial charge is 0.309 e. The van der Waals surface area contributed by atoms with Crippen LogP contribution >= 0.6 is 34.5 Å². The summed E-state index contributed by atoms with van der Waals surface area (Å²) in [6, 6.07) is 10.4. The van der Waals surface area contributed by atoms with E-state index in [0.717, 1.165) is 18.5 Å². The highest BCUT2D eigenvalue weighted by Gasteiger charge is 2.18. The zero-order valence-electron chi connectivity index (χ0n) is 12.6. The second-order valence-corrected chi connectivity index (χ2v) is 7.46. The highest BCUT2D eigenvalue weighted by Crippen LogP contribution is 2.38. The van der Waals surface area contributed by atoms with E-state index in [1.165, 1.54) is 9.75 Å². The maximum Gasteiger partial charge on any atom is 0.0507 e. The number of halogens is 2. The van der Waals surface area contributed by atoms with Gasteiger partial charge in [0.15, 0.2) is 0 Å². The number of nitrogens with one attached hydrogen (secondary N) is 1. The Kier molecular flexibility index (Phi) is 6.12. The molecule has 0 aliphatic carbocycles. The SMILES string of the molecule is CCCNC(c1ccc(-c2ccc(Cl)cc2Cl)s1)C(C)C. The molecule has 2 aromatic rings. The van der Waals surface area contributed by atoms with Crippen molar-refractivity contribution in [1.29, 1.82) is 0 Å². The normalized spacial score (nSPS) is 12.9. The van der Waals surface area contributed by atoms with Crippen LogP contribution < -0.4 is 5.32 Å². The fourth-order valence-electron chi connectivity index (χ4n) is 2.32. The van der Waals surface area contributed by atoms with Gasteiger partial charge in [-0.05, 0) is 43.1 Å². The fourth-order valence-corrected chi connectivity index (χ4v) is 4.18. The molecule has 0 radical (unpaired) electrons. The summed E-state index contributed by atoms with van der Waals surface area (Å²) in [5.74, 6) is 0.559. The van der Waals surface area contributed by atoms with Crippen molar-refractivity contribution < 1.29 is 0 Å². The summed E-state index contributed by atoms with van der Waals surface area (Å²) < 4.78 is 0. The molecule has 1 unspecified atom stereocenters. The van der Waals surface area contributed by atoms with E-state index in [-0.39, 0.29) is 0 Å². The number of benzene rings is 1. The molecule has 114 valence electrons. The van der Waals surface area contributed by atoms with Gasteiger partial charge >= 0.3 is 0 Å². The van der Waals surface area contributed by atoms with Gasteiger partial charge in [-0.25, -0.2) is 0 Å². The molecule has 2 rings (SSSR count). The zero-order chi connectivity index (χ0) is 15.4. The highest BCUT2D eigenvalue weighted by atomic mass is 35.5. The van der Waals surface area contributed by atoms with Gasteiger partial charge in [0.25, 0.3) is 0 Å². The van der Waals surface area contributed by atoms with Crippen LogP contribution in [0.15, 0.2) is 30.3 Å². The van der Waals surface area contributed by atoms with Crippen LogP contribution in [0.1, 0.15) is 38.1 Å². The molecule has 0 bridgehead atoms. The predicted molar refractivity (Wildman–Crippen MR) is 95.6 cm³/mol. The second-order valence-electron chi connectivity index (χ2n) is 5.50. The maximum atomic E-state index is 6.31. The summed E-state index contributed by atoms with van der Waals surface area (Å²) in [5.41, 5.74) is 1.05. The van der Waals surface area contributed by atoms with Crippen LogP contribution in [0.5, 0.6) is 0 Å². The Morgan fingerprint density at radius 1 is 1.14 bits per heavy atom. The fraction of sp³-hybridized carbons (Fsp3) is 0.412. The molecule has 1 atom stereocenters. The predicted octanol–water partition coefficient (Wildman–Crippen LogP) is 6.42. The van der Waals surface area contributed by atoms with E-state index >= 15 is 0 Å². The average molecular weight is 342 g/mol. The Morgan fingerprint density at radius 2 is 1.90 bits per heavy atom. The molecule has 0 aliphatic rings. The summed E-state index contributed by atoms with van der Waals surface area (Å²) in [6.07, 6.45) is 1.14. The monoisotopic (exact) mass is 341 g/mol. The summed E-state index contributed by atoms with van der Waals surface area (Å²) >= 11 is 14.1. The van der Waals surface area contributed by atoms with Crippen molar-refractivity contribution in [3.05, 3.63) is 45.3 Å². The minimum absolute atomic E-state index is 0.398. The summed E-state index contributed by atoms with van der Waals surface area (Å²) in [5, 5.41) is 5.01. The molecule has 21 heavy (non-hydrogen) atoms. The van der Waals surface area contributed by atoms with Gasteiger partial charge in [0, 0.05) is 26.4 Å². The zero-order valence-corrected chi connectivity index (χ0v) is 14.9. The topological polar surface area (TPSA) is 12.0 Å². The standard InChI is InChI=1S/C17H21Cl2NS/c1-4-9-20-17(11(2)3)16-8-7-15(21-16)13-6-5-12(18)10-14(13)19/h5-8,10-11,17,20H,4,9H2,1-3H3. The quantitative estimate of drug-likeness (QED) is 0.639. The number of hydrogen-bond acceptors (Lipinski definition) is 2. The van der Waals surface area contributed by atoms with Crippen LogP contribution in [-0.4, -0.2) is 6.54 Å². The van der Waals surface area contributed by atoms with E-state index in [9.17, 15) is 0 Å². The molecular formula is C17H21Cl2NS. The van der Waals surface area contributed by atoms with Crippen LogP contribution in [0.25, 0.3) is 10.4 Å². The number of hydrogen-bond donors (Lipinski definition) is 1. The van der Waals surface area contributed by atoms with Gasteiger partial charge in [0.1, 0.15) is 0 Å². The molecule has 1 N–H and O–H groups in total. The Balaban J connectivity index is 2.27. The third-order valence-corrected chi connectivity index (χ3v) is 5.16. The van der Waals surface area contributed by atoms with Crippen molar-refractivity contribution in [2.45, 2.75) is 33.2 Å². The first-order valence-electron chi connectivity index (χ1n) is 7.31. The highest BCUT2D eigenvalue weighted by molar-refractivity contribution is 7.15. The molecule has 4 heteroatoms. The van der Waals surface area contributed by atoms with Gasteiger partial charge in [-0.15, -0.1) is 11.3 Å². The van der Waals surface area contributed by atoms with Gasteiger partial charge in [-0.3, -0.25) is 0 Å². The molecule has 0 saturated heterocycles. The van der Waals surface area contributed by atoms with E-state index in [1.54, 1.807) is 17.4 Å². The number of thiophene rings is 1. The van der Waals surface area contributed by atoms with Gasteiger partial charge in [0.05, 0.1) is 5.02 Å². The Bertz CT molecular complexity index is 592. The van der Waals surface area contributed by atoms with Crippen molar-refractivity contribution in [3.8, 4) is 10.4 Å². The molecule has 1 heterocycles. The van der Waals surface area contributed by atoms with Gasteiger partial charge in [0.2, 0.25) is 0 Å². The summed E-state index contributed by atoms with van der Waals surface area (Å²) in [7, 11) is 0. The van der Waals surface area contributed by atoms with Crippen molar-refractivity contribution in [1.82, 2.24) is 5.32 Å². The minimum atomic E-state index is 0.398. The van der Waals surface area contributed by atoms with Crippen LogP contribution in [0.4, 0.5) is 0 Å². The lowest BCUT2D eigenvalue weighted by Crippen LogP contribution is -2.25. The molecular weight excluding hydrogens is 321 g/mol. The van der Waals surface area contributed by atoms with E-state index in [1.807, 2.05) is 12.1 Å². The maximum absolute atomic E-state index is 6.31. The third kappa shape index (κ3) is 4.23. The molecule has 0 aliphatic heterocycles. The lowest BCUT2D eigenvalue weighted by molar-refractivity contribution is 0.418. The van der Waals surface area contributed by atoms with E-state index in [2.05, 4.69) is 38.2 Å². The van der Waals surface area contributed by atoms with Gasteiger partial charge in [-0.2, -0.15) is 0 Å². The second kappa shape index (κ2) is 7.64.